The minimum atomic E-state index is -1.67. The van der Waals surface area contributed by atoms with Crippen molar-refractivity contribution in [3.63, 3.8) is 0 Å². The Bertz CT molecular complexity index is 1300. The number of Topliss-reactive ketones (excluding diaryl/α,β-unsaturated/α-hetero) is 1. The minimum absolute atomic E-state index is 0.0641. The van der Waals surface area contributed by atoms with Gasteiger partial charge in [0.2, 0.25) is 0 Å². The number of phenolic OH excluding ortho intramolecular Hbond substituents is 1. The third-order valence-electron chi connectivity index (χ3n) is 4.96. The summed E-state index contributed by atoms with van der Waals surface area (Å²) in [4.78, 5) is 49.7. The number of ketones is 1. The number of carboxylic acid groups (broad SMARTS) is 1. The number of nitrogens with zero attached hydrogens (tertiary/aromatic N) is 3. The maximum Gasteiger partial charge on any atom is 0.328 e. The maximum atomic E-state index is 12.9. The summed E-state index contributed by atoms with van der Waals surface area (Å²) in [7, 11) is 0. The zero-order valence-corrected chi connectivity index (χ0v) is 19.8. The zero-order chi connectivity index (χ0) is 25.7. The number of hydrogen-bond donors (Lipinski definition) is 4. The number of carboxylic acids is 1. The number of nitrogens with two attached hydrogens (primary N) is 1. The van der Waals surface area contributed by atoms with Gasteiger partial charge in [0, 0.05) is 18.5 Å². The third kappa shape index (κ3) is 6.18. The van der Waals surface area contributed by atoms with Crippen molar-refractivity contribution in [1.29, 1.82) is 0 Å². The number of aryl methyl sites for hydroxylation is 1. The van der Waals surface area contributed by atoms with Crippen LogP contribution in [0.3, 0.4) is 0 Å². The van der Waals surface area contributed by atoms with E-state index < -0.39 is 36.0 Å². The quantitative estimate of drug-likeness (QED) is 0.143. The fourth-order valence-corrected chi connectivity index (χ4v) is 3.99. The second-order valence-corrected chi connectivity index (χ2v) is 8.59. The smallest absolute Gasteiger partial charge is 0.328 e. The van der Waals surface area contributed by atoms with Crippen LogP contribution in [0.4, 0.5) is 0 Å². The Kier molecular flexibility index (Phi) is 8.12. The number of amides is 2. The van der Waals surface area contributed by atoms with Crippen molar-refractivity contribution in [2.24, 2.45) is 5.84 Å². The molecule has 11 nitrogen and oxygen atoms in total. The number of rotatable bonds is 9. The largest absolute Gasteiger partial charge is 0.508 e. The van der Waals surface area contributed by atoms with Crippen molar-refractivity contribution in [2.75, 3.05) is 0 Å². The molecule has 0 unspecified atom stereocenters. The second kappa shape index (κ2) is 11.0. The molecule has 3 aromatic rings. The van der Waals surface area contributed by atoms with Crippen LogP contribution in [0.15, 0.2) is 42.5 Å². The molecule has 0 saturated heterocycles. The number of hydrazine groups is 1. The van der Waals surface area contributed by atoms with Gasteiger partial charge in [-0.05, 0) is 54.4 Å². The van der Waals surface area contributed by atoms with Crippen LogP contribution in [0, 0.1) is 6.92 Å². The molecule has 1 atom stereocenters. The van der Waals surface area contributed by atoms with Gasteiger partial charge in [-0.25, -0.2) is 10.6 Å². The number of carbonyl (C=O) groups is 4. The molecule has 13 heteroatoms. The molecule has 0 aliphatic rings. The molecule has 0 bridgehead atoms. The van der Waals surface area contributed by atoms with E-state index in [0.29, 0.717) is 16.3 Å². The number of phenols is 1. The molecule has 0 aliphatic heterocycles. The lowest BCUT2D eigenvalue weighted by Crippen LogP contribution is -2.50. The van der Waals surface area contributed by atoms with Crippen molar-refractivity contribution < 1.29 is 29.4 Å². The van der Waals surface area contributed by atoms with Gasteiger partial charge in [-0.3, -0.25) is 19.4 Å². The van der Waals surface area contributed by atoms with Crippen LogP contribution < -0.4 is 11.2 Å². The first-order valence-electron chi connectivity index (χ1n) is 10.1. The minimum Gasteiger partial charge on any atom is -0.508 e. The monoisotopic (exact) mass is 517 g/mol. The average molecular weight is 518 g/mol. The summed E-state index contributed by atoms with van der Waals surface area (Å²) in [6.07, 6.45) is -0.588. The Morgan fingerprint density at radius 1 is 1.20 bits per heavy atom. The van der Waals surface area contributed by atoms with Crippen LogP contribution >= 0.6 is 23.1 Å². The van der Waals surface area contributed by atoms with Crippen LogP contribution in [-0.4, -0.2) is 54.4 Å². The number of aliphatic carboxylic acids is 1. The predicted molar refractivity (Wildman–Crippen MR) is 126 cm³/mol. The van der Waals surface area contributed by atoms with E-state index in [4.69, 9.17) is 17.4 Å². The fourth-order valence-electron chi connectivity index (χ4n) is 3.12. The Morgan fingerprint density at radius 3 is 2.54 bits per heavy atom. The Hall–Kier alpha value is -3.87. The Balaban J connectivity index is 1.71. The number of aromatic nitrogens is 2. The standard InChI is InChI=1S/C22H20ClN5O6S/c1-11-19(35-27-26-11)18(30)9-17(22(33)34)28(24)21(32)15-6-5-13(8-16(15)23)20(31)25-10-12-3-2-4-14(29)7-12/h2-8,17,29H,9-10,24H2,1H3,(H,25,31)(H,33,34)/t17-/m0/s1. The molecule has 1 aromatic heterocycles. The highest BCUT2D eigenvalue weighted by molar-refractivity contribution is 7.08. The summed E-state index contributed by atoms with van der Waals surface area (Å²) >= 11 is 7.02. The van der Waals surface area contributed by atoms with Gasteiger partial charge in [0.25, 0.3) is 11.8 Å². The fraction of sp³-hybridized carbons (Fsp3) is 0.182. The highest BCUT2D eigenvalue weighted by Gasteiger charge is 2.32. The van der Waals surface area contributed by atoms with Crippen molar-refractivity contribution in [2.45, 2.75) is 25.9 Å². The number of benzene rings is 2. The SMILES string of the molecule is Cc1nnsc1C(=O)C[C@@H](C(=O)O)N(N)C(=O)c1ccc(C(=O)NCc2cccc(O)c2)cc1Cl. The van der Waals surface area contributed by atoms with Gasteiger partial charge in [0.15, 0.2) is 11.8 Å². The normalized spacial score (nSPS) is 11.5. The van der Waals surface area contributed by atoms with Crippen LogP contribution in [0.1, 0.15) is 48.1 Å². The molecule has 2 aromatic carbocycles. The lowest BCUT2D eigenvalue weighted by molar-refractivity contribution is -0.142. The number of carbonyl (C=O) groups excluding carboxylic acids is 3. The van der Waals surface area contributed by atoms with Gasteiger partial charge < -0.3 is 15.5 Å². The topological polar surface area (TPSA) is 176 Å². The van der Waals surface area contributed by atoms with E-state index in [2.05, 4.69) is 14.9 Å². The maximum absolute atomic E-state index is 12.9. The van der Waals surface area contributed by atoms with Crippen molar-refractivity contribution in [3.05, 3.63) is 74.7 Å². The predicted octanol–water partition coefficient (Wildman–Crippen LogP) is 2.18. The van der Waals surface area contributed by atoms with Gasteiger partial charge >= 0.3 is 5.97 Å². The lowest BCUT2D eigenvalue weighted by atomic mass is 10.1. The zero-order valence-electron chi connectivity index (χ0n) is 18.3. The molecule has 2 amide bonds. The van der Waals surface area contributed by atoms with E-state index in [0.717, 1.165) is 11.5 Å². The van der Waals surface area contributed by atoms with Gasteiger partial charge in [-0.2, -0.15) is 0 Å². The first kappa shape index (κ1) is 25.7. The van der Waals surface area contributed by atoms with Gasteiger partial charge in [-0.1, -0.05) is 28.2 Å². The molecule has 0 spiro atoms. The number of nitrogens with one attached hydrogen (secondary N) is 1. The van der Waals surface area contributed by atoms with Gasteiger partial charge in [-0.15, -0.1) is 5.10 Å². The highest BCUT2D eigenvalue weighted by Crippen LogP contribution is 2.22. The number of halogens is 1. The van der Waals surface area contributed by atoms with Gasteiger partial charge in [0.1, 0.15) is 10.6 Å². The van der Waals surface area contributed by atoms with Crippen molar-refractivity contribution >= 4 is 46.7 Å². The molecule has 0 saturated carbocycles. The van der Waals surface area contributed by atoms with E-state index in [9.17, 15) is 29.4 Å². The van der Waals surface area contributed by atoms with E-state index in [1.807, 2.05) is 0 Å². The van der Waals surface area contributed by atoms with E-state index in [1.165, 1.54) is 30.3 Å². The molecule has 35 heavy (non-hydrogen) atoms. The first-order valence-corrected chi connectivity index (χ1v) is 11.2. The van der Waals surface area contributed by atoms with E-state index >= 15 is 0 Å². The number of hydrogen-bond acceptors (Lipinski definition) is 9. The highest BCUT2D eigenvalue weighted by atomic mass is 35.5. The molecule has 0 radical (unpaired) electrons. The van der Waals surface area contributed by atoms with Crippen LogP contribution in [-0.2, 0) is 11.3 Å². The molecular weight excluding hydrogens is 498 g/mol. The summed E-state index contributed by atoms with van der Waals surface area (Å²) in [5, 5.41) is 25.7. The second-order valence-electron chi connectivity index (χ2n) is 7.43. The van der Waals surface area contributed by atoms with Crippen molar-refractivity contribution in [3.8, 4) is 5.75 Å². The Morgan fingerprint density at radius 2 is 1.94 bits per heavy atom. The van der Waals surface area contributed by atoms with E-state index in [-0.39, 0.29) is 33.3 Å². The summed E-state index contributed by atoms with van der Waals surface area (Å²) in [6.45, 7) is 1.70. The molecule has 5 N–H and O–H groups in total. The van der Waals surface area contributed by atoms with E-state index in [1.54, 1.807) is 19.1 Å². The summed E-state index contributed by atoms with van der Waals surface area (Å²) in [5.41, 5.74) is 1.02. The average Bonchev–Trinajstić information content (AvgIpc) is 3.25. The third-order valence-corrected chi connectivity index (χ3v) is 6.15. The summed E-state index contributed by atoms with van der Waals surface area (Å²) in [5.74, 6) is 2.37. The van der Waals surface area contributed by atoms with Crippen LogP contribution in [0.5, 0.6) is 5.75 Å². The number of aromatic hydroxyl groups is 1. The molecule has 1 heterocycles. The lowest BCUT2D eigenvalue weighted by Gasteiger charge is -2.24. The summed E-state index contributed by atoms with van der Waals surface area (Å²) in [6, 6.07) is 8.52. The van der Waals surface area contributed by atoms with Gasteiger partial charge in [0.05, 0.1) is 16.3 Å². The molecule has 182 valence electrons. The molecule has 3 rings (SSSR count). The molecular formula is C22H20ClN5O6S. The summed E-state index contributed by atoms with van der Waals surface area (Å²) < 4.78 is 3.64. The molecule has 0 aliphatic carbocycles. The van der Waals surface area contributed by atoms with Crippen molar-refractivity contribution in [1.82, 2.24) is 19.9 Å². The van der Waals surface area contributed by atoms with Crippen LogP contribution in [0.2, 0.25) is 5.02 Å². The Labute approximate surface area is 208 Å². The van der Waals surface area contributed by atoms with Crippen LogP contribution in [0.25, 0.3) is 0 Å². The first-order chi connectivity index (χ1) is 16.6. The molecule has 0 fully saturated rings.